The van der Waals surface area contributed by atoms with Crippen molar-refractivity contribution in [2.75, 3.05) is 33.9 Å². The fourth-order valence-corrected chi connectivity index (χ4v) is 2.09. The number of ether oxygens (including phenoxy) is 1. The van der Waals surface area contributed by atoms with E-state index in [0.29, 0.717) is 5.92 Å². The van der Waals surface area contributed by atoms with Crippen LogP contribution in [-0.4, -0.2) is 39.8 Å². The highest BCUT2D eigenvalue weighted by atomic mass is 127. The number of rotatable bonds is 8. The second-order valence-corrected chi connectivity index (χ2v) is 4.74. The predicted octanol–water partition coefficient (Wildman–Crippen LogP) is 3.00. The summed E-state index contributed by atoms with van der Waals surface area (Å²) in [5, 5.41) is 6.69. The highest BCUT2D eigenvalue weighted by Gasteiger charge is 2.09. The van der Waals surface area contributed by atoms with E-state index in [-0.39, 0.29) is 24.0 Å². The minimum atomic E-state index is 0. The Kier molecular flexibility index (Phi) is 12.4. The van der Waals surface area contributed by atoms with Crippen molar-refractivity contribution in [3.8, 4) is 0 Å². The number of guanidine groups is 1. The van der Waals surface area contributed by atoms with Crippen molar-refractivity contribution >= 4 is 29.9 Å². The van der Waals surface area contributed by atoms with Gasteiger partial charge >= 0.3 is 0 Å². The van der Waals surface area contributed by atoms with Crippen LogP contribution >= 0.6 is 24.0 Å². The summed E-state index contributed by atoms with van der Waals surface area (Å²) in [6, 6.07) is 10.6. The van der Waals surface area contributed by atoms with Gasteiger partial charge in [0, 0.05) is 39.8 Å². The molecule has 0 fully saturated rings. The molecule has 0 spiro atoms. The molecular weight excluding hydrogens is 377 g/mol. The molecule has 0 aliphatic rings. The number of hydrogen-bond donors (Lipinski definition) is 2. The standard InChI is InChI=1S/C16H27N3O.HI/c1-4-14(15-9-6-5-7-10-15)13-19-16(17-2)18-11-8-12-20-3;/h5-7,9-10,14H,4,8,11-13H2,1-3H3,(H2,17,18,19);1H. The summed E-state index contributed by atoms with van der Waals surface area (Å²) in [6.07, 6.45) is 2.09. The van der Waals surface area contributed by atoms with Gasteiger partial charge in [0.15, 0.2) is 5.96 Å². The third-order valence-electron chi connectivity index (χ3n) is 3.32. The molecule has 0 saturated heterocycles. The van der Waals surface area contributed by atoms with Crippen LogP contribution in [0.3, 0.4) is 0 Å². The molecule has 1 rings (SSSR count). The predicted molar refractivity (Wildman–Crippen MR) is 101 cm³/mol. The molecule has 2 N–H and O–H groups in total. The second kappa shape index (κ2) is 12.9. The van der Waals surface area contributed by atoms with E-state index >= 15 is 0 Å². The third kappa shape index (κ3) is 8.26. The summed E-state index contributed by atoms with van der Waals surface area (Å²) in [5.41, 5.74) is 1.37. The first-order chi connectivity index (χ1) is 9.81. The average Bonchev–Trinajstić information content (AvgIpc) is 2.51. The van der Waals surface area contributed by atoms with Crippen molar-refractivity contribution in [1.29, 1.82) is 0 Å². The topological polar surface area (TPSA) is 45.7 Å². The molecule has 120 valence electrons. The summed E-state index contributed by atoms with van der Waals surface area (Å²) >= 11 is 0. The van der Waals surface area contributed by atoms with Gasteiger partial charge in [-0.15, -0.1) is 24.0 Å². The normalized spacial score (nSPS) is 12.4. The van der Waals surface area contributed by atoms with Crippen LogP contribution in [0.1, 0.15) is 31.2 Å². The minimum absolute atomic E-state index is 0. The lowest BCUT2D eigenvalue weighted by atomic mass is 9.97. The van der Waals surface area contributed by atoms with Crippen molar-refractivity contribution < 1.29 is 4.74 Å². The van der Waals surface area contributed by atoms with Crippen LogP contribution < -0.4 is 10.6 Å². The van der Waals surface area contributed by atoms with Crippen LogP contribution in [0.15, 0.2) is 35.3 Å². The molecule has 0 radical (unpaired) electrons. The molecule has 1 atom stereocenters. The Morgan fingerprint density at radius 1 is 1.24 bits per heavy atom. The number of aliphatic imine (C=N–C) groups is 1. The van der Waals surface area contributed by atoms with Gasteiger partial charge in [0.1, 0.15) is 0 Å². The minimum Gasteiger partial charge on any atom is -0.385 e. The number of halogens is 1. The van der Waals surface area contributed by atoms with E-state index in [1.807, 2.05) is 0 Å². The summed E-state index contributed by atoms with van der Waals surface area (Å²) in [6.45, 7) is 4.75. The largest absolute Gasteiger partial charge is 0.385 e. The Bertz CT molecular complexity index is 384. The molecule has 1 aromatic rings. The number of hydrogen-bond acceptors (Lipinski definition) is 2. The number of benzene rings is 1. The summed E-state index contributed by atoms with van der Waals surface area (Å²) in [7, 11) is 3.52. The lowest BCUT2D eigenvalue weighted by molar-refractivity contribution is 0.195. The van der Waals surface area contributed by atoms with Crippen molar-refractivity contribution in [3.63, 3.8) is 0 Å². The van der Waals surface area contributed by atoms with E-state index in [0.717, 1.165) is 38.5 Å². The Morgan fingerprint density at radius 2 is 1.95 bits per heavy atom. The van der Waals surface area contributed by atoms with Gasteiger partial charge in [0.25, 0.3) is 0 Å². The van der Waals surface area contributed by atoms with Crippen molar-refractivity contribution in [3.05, 3.63) is 35.9 Å². The monoisotopic (exact) mass is 405 g/mol. The zero-order chi connectivity index (χ0) is 14.6. The first kappa shape index (κ1) is 20.2. The van der Waals surface area contributed by atoms with Gasteiger partial charge in [-0.3, -0.25) is 4.99 Å². The van der Waals surface area contributed by atoms with Crippen molar-refractivity contribution in [2.45, 2.75) is 25.7 Å². The van der Waals surface area contributed by atoms with E-state index in [1.54, 1.807) is 14.2 Å². The maximum Gasteiger partial charge on any atom is 0.190 e. The molecule has 0 bridgehead atoms. The first-order valence-electron chi connectivity index (χ1n) is 7.30. The Labute approximate surface area is 145 Å². The lowest BCUT2D eigenvalue weighted by Gasteiger charge is -2.18. The van der Waals surface area contributed by atoms with E-state index < -0.39 is 0 Å². The van der Waals surface area contributed by atoms with Crippen molar-refractivity contribution in [2.24, 2.45) is 4.99 Å². The second-order valence-electron chi connectivity index (χ2n) is 4.74. The molecule has 4 nitrogen and oxygen atoms in total. The summed E-state index contributed by atoms with van der Waals surface area (Å²) < 4.78 is 5.03. The number of nitrogens with one attached hydrogen (secondary N) is 2. The third-order valence-corrected chi connectivity index (χ3v) is 3.32. The molecule has 21 heavy (non-hydrogen) atoms. The van der Waals surface area contributed by atoms with Crippen LogP contribution in [0.25, 0.3) is 0 Å². The zero-order valence-corrected chi connectivity index (χ0v) is 15.6. The highest BCUT2D eigenvalue weighted by molar-refractivity contribution is 14.0. The van der Waals surface area contributed by atoms with Crippen LogP contribution in [0.4, 0.5) is 0 Å². The van der Waals surface area contributed by atoms with E-state index in [9.17, 15) is 0 Å². The van der Waals surface area contributed by atoms with Gasteiger partial charge in [0.05, 0.1) is 0 Å². The van der Waals surface area contributed by atoms with Gasteiger partial charge in [-0.1, -0.05) is 37.3 Å². The van der Waals surface area contributed by atoms with E-state index in [2.05, 4.69) is 52.9 Å². The van der Waals surface area contributed by atoms with Gasteiger partial charge in [-0.2, -0.15) is 0 Å². The molecule has 0 heterocycles. The molecular formula is C16H28IN3O. The number of nitrogens with zero attached hydrogens (tertiary/aromatic N) is 1. The van der Waals surface area contributed by atoms with Gasteiger partial charge in [0.2, 0.25) is 0 Å². The van der Waals surface area contributed by atoms with Gasteiger partial charge in [-0.05, 0) is 18.4 Å². The van der Waals surface area contributed by atoms with Crippen LogP contribution in [0.5, 0.6) is 0 Å². The Balaban J connectivity index is 0.00000400. The Hall–Kier alpha value is -0.820. The smallest absolute Gasteiger partial charge is 0.190 e. The molecule has 0 amide bonds. The molecule has 0 saturated carbocycles. The fourth-order valence-electron chi connectivity index (χ4n) is 2.09. The molecule has 1 aromatic carbocycles. The zero-order valence-electron chi connectivity index (χ0n) is 13.3. The Morgan fingerprint density at radius 3 is 2.52 bits per heavy atom. The molecule has 0 aliphatic carbocycles. The van der Waals surface area contributed by atoms with Gasteiger partial charge < -0.3 is 15.4 Å². The summed E-state index contributed by atoms with van der Waals surface area (Å²) in [4.78, 5) is 4.24. The SMILES string of the molecule is CCC(CNC(=NC)NCCCOC)c1ccccc1.I. The molecule has 5 heteroatoms. The fraction of sp³-hybridized carbons (Fsp3) is 0.562. The maximum absolute atomic E-state index is 5.03. The van der Waals surface area contributed by atoms with Gasteiger partial charge in [-0.25, -0.2) is 0 Å². The van der Waals surface area contributed by atoms with E-state index in [4.69, 9.17) is 4.74 Å². The molecule has 0 aliphatic heterocycles. The highest BCUT2D eigenvalue weighted by Crippen LogP contribution is 2.17. The lowest BCUT2D eigenvalue weighted by Crippen LogP contribution is -2.39. The quantitative estimate of drug-likeness (QED) is 0.303. The molecule has 0 aromatic heterocycles. The van der Waals surface area contributed by atoms with Crippen LogP contribution in [0, 0.1) is 0 Å². The van der Waals surface area contributed by atoms with Crippen LogP contribution in [0.2, 0.25) is 0 Å². The van der Waals surface area contributed by atoms with Crippen molar-refractivity contribution in [1.82, 2.24) is 10.6 Å². The average molecular weight is 405 g/mol. The first-order valence-corrected chi connectivity index (χ1v) is 7.30. The molecule has 1 unspecified atom stereocenters. The summed E-state index contributed by atoms with van der Waals surface area (Å²) in [5.74, 6) is 1.37. The maximum atomic E-state index is 5.03. The number of methoxy groups -OCH3 is 1. The van der Waals surface area contributed by atoms with E-state index in [1.165, 1.54) is 5.56 Å². The van der Waals surface area contributed by atoms with Crippen LogP contribution in [-0.2, 0) is 4.74 Å².